The minimum Gasteiger partial charge on any atom is -0.317 e. The molecule has 0 amide bonds. The molecule has 0 spiro atoms. The summed E-state index contributed by atoms with van der Waals surface area (Å²) >= 11 is 3.40. The standard InChI is InChI=1S/C14H24BrN3O2S/c1-4-8-16-9-5-10-18(3)21(19,20)17-13-6-7-14(15)12(2)11-13/h6-7,11,16-17H,4-5,8-10H2,1-3H3. The molecule has 0 heterocycles. The average Bonchev–Trinajstić information content (AvgIpc) is 2.42. The Morgan fingerprint density at radius 1 is 1.29 bits per heavy atom. The largest absolute Gasteiger partial charge is 0.317 e. The predicted octanol–water partition coefficient (Wildman–Crippen LogP) is 2.74. The van der Waals surface area contributed by atoms with Crippen molar-refractivity contribution < 1.29 is 8.42 Å². The molecular weight excluding hydrogens is 354 g/mol. The van der Waals surface area contributed by atoms with E-state index in [1.54, 1.807) is 19.2 Å². The lowest BCUT2D eigenvalue weighted by Crippen LogP contribution is -2.34. The summed E-state index contributed by atoms with van der Waals surface area (Å²) in [5, 5.41) is 3.26. The molecule has 0 aliphatic rings. The molecular formula is C14H24BrN3O2S. The summed E-state index contributed by atoms with van der Waals surface area (Å²) in [6, 6.07) is 5.38. The van der Waals surface area contributed by atoms with Crippen molar-refractivity contribution in [2.24, 2.45) is 0 Å². The summed E-state index contributed by atoms with van der Waals surface area (Å²) in [6.45, 7) is 6.30. The van der Waals surface area contributed by atoms with Gasteiger partial charge in [0, 0.05) is 18.1 Å². The summed E-state index contributed by atoms with van der Waals surface area (Å²) in [5.41, 5.74) is 1.56. The van der Waals surface area contributed by atoms with E-state index < -0.39 is 10.2 Å². The van der Waals surface area contributed by atoms with E-state index in [-0.39, 0.29) is 0 Å². The van der Waals surface area contributed by atoms with Crippen molar-refractivity contribution in [2.45, 2.75) is 26.7 Å². The highest BCUT2D eigenvalue weighted by Crippen LogP contribution is 2.21. The van der Waals surface area contributed by atoms with Gasteiger partial charge in [0.15, 0.2) is 0 Å². The van der Waals surface area contributed by atoms with Gasteiger partial charge in [-0.15, -0.1) is 0 Å². The molecule has 7 heteroatoms. The van der Waals surface area contributed by atoms with Crippen LogP contribution in [0.3, 0.4) is 0 Å². The van der Waals surface area contributed by atoms with Gasteiger partial charge in [-0.25, -0.2) is 0 Å². The number of hydrogen-bond acceptors (Lipinski definition) is 3. The number of halogens is 1. The average molecular weight is 378 g/mol. The van der Waals surface area contributed by atoms with Crippen LogP contribution in [0.2, 0.25) is 0 Å². The number of aryl methyl sites for hydroxylation is 1. The summed E-state index contributed by atoms with van der Waals surface area (Å²) in [4.78, 5) is 0. The fraction of sp³-hybridized carbons (Fsp3) is 0.571. The van der Waals surface area contributed by atoms with Crippen molar-refractivity contribution >= 4 is 31.8 Å². The molecule has 1 aromatic rings. The lowest BCUT2D eigenvalue weighted by atomic mass is 10.2. The zero-order valence-corrected chi connectivity index (χ0v) is 15.2. The number of hydrogen-bond donors (Lipinski definition) is 2. The second-order valence-corrected chi connectivity index (χ2v) is 7.63. The third-order valence-corrected chi connectivity index (χ3v) is 5.46. The van der Waals surface area contributed by atoms with Gasteiger partial charge in [-0.05, 0) is 56.6 Å². The van der Waals surface area contributed by atoms with Gasteiger partial charge in [-0.1, -0.05) is 22.9 Å². The first kappa shape index (κ1) is 18.4. The molecule has 0 unspecified atom stereocenters. The Labute approximate surface area is 136 Å². The number of anilines is 1. The maximum atomic E-state index is 12.2. The molecule has 2 N–H and O–H groups in total. The Balaban J connectivity index is 2.53. The minimum atomic E-state index is -3.50. The molecule has 1 rings (SSSR count). The van der Waals surface area contributed by atoms with E-state index in [0.29, 0.717) is 12.2 Å². The molecule has 0 saturated heterocycles. The summed E-state index contributed by atoms with van der Waals surface area (Å²) in [6.07, 6.45) is 1.87. The molecule has 0 saturated carbocycles. The van der Waals surface area contributed by atoms with Gasteiger partial charge in [-0.2, -0.15) is 12.7 Å². The topological polar surface area (TPSA) is 61.4 Å². The van der Waals surface area contributed by atoms with Gasteiger partial charge >= 0.3 is 10.2 Å². The molecule has 120 valence electrons. The molecule has 1 aromatic carbocycles. The van der Waals surface area contributed by atoms with Crippen LogP contribution in [0.1, 0.15) is 25.3 Å². The van der Waals surface area contributed by atoms with Crippen LogP contribution >= 0.6 is 15.9 Å². The first-order valence-corrected chi connectivity index (χ1v) is 9.31. The van der Waals surface area contributed by atoms with Crippen LogP contribution < -0.4 is 10.0 Å². The third-order valence-electron chi connectivity index (χ3n) is 3.07. The Hall–Kier alpha value is -0.630. The predicted molar refractivity (Wildman–Crippen MR) is 91.8 cm³/mol. The summed E-state index contributed by atoms with van der Waals surface area (Å²) in [5.74, 6) is 0. The van der Waals surface area contributed by atoms with Gasteiger partial charge in [-0.3, -0.25) is 4.72 Å². The molecule has 0 bridgehead atoms. The van der Waals surface area contributed by atoms with Crippen LogP contribution in [0.5, 0.6) is 0 Å². The van der Waals surface area contributed by atoms with E-state index in [1.165, 1.54) is 4.31 Å². The fourth-order valence-electron chi connectivity index (χ4n) is 1.78. The van der Waals surface area contributed by atoms with Crippen LogP contribution in [-0.2, 0) is 10.2 Å². The Kier molecular flexibility index (Phi) is 7.65. The van der Waals surface area contributed by atoms with Gasteiger partial charge in [0.2, 0.25) is 0 Å². The first-order chi connectivity index (χ1) is 9.86. The molecule has 0 aliphatic heterocycles. The Morgan fingerprint density at radius 2 is 2.00 bits per heavy atom. The van der Waals surface area contributed by atoms with Crippen LogP contribution in [0, 0.1) is 6.92 Å². The third kappa shape index (κ3) is 6.34. The number of benzene rings is 1. The van der Waals surface area contributed by atoms with Crippen molar-refractivity contribution in [3.05, 3.63) is 28.2 Å². The smallest absolute Gasteiger partial charge is 0.301 e. The monoisotopic (exact) mass is 377 g/mol. The van der Waals surface area contributed by atoms with E-state index in [4.69, 9.17) is 0 Å². The lowest BCUT2D eigenvalue weighted by molar-refractivity contribution is 0.458. The van der Waals surface area contributed by atoms with Crippen LogP contribution in [0.4, 0.5) is 5.69 Å². The maximum absolute atomic E-state index is 12.2. The second-order valence-electron chi connectivity index (χ2n) is 5.00. The highest BCUT2D eigenvalue weighted by Gasteiger charge is 2.17. The van der Waals surface area contributed by atoms with Crippen LogP contribution in [0.25, 0.3) is 0 Å². The second kappa shape index (κ2) is 8.73. The Bertz CT molecular complexity index is 549. The Morgan fingerprint density at radius 3 is 2.62 bits per heavy atom. The SMILES string of the molecule is CCCNCCCN(C)S(=O)(=O)Nc1ccc(Br)c(C)c1. The molecule has 0 atom stereocenters. The summed E-state index contributed by atoms with van der Waals surface area (Å²) < 4.78 is 29.3. The van der Waals surface area contributed by atoms with Crippen molar-refractivity contribution in [3.8, 4) is 0 Å². The van der Waals surface area contributed by atoms with E-state index in [1.807, 2.05) is 13.0 Å². The van der Waals surface area contributed by atoms with Crippen molar-refractivity contribution in [1.82, 2.24) is 9.62 Å². The van der Waals surface area contributed by atoms with Gasteiger partial charge < -0.3 is 5.32 Å². The van der Waals surface area contributed by atoms with Crippen molar-refractivity contribution in [1.29, 1.82) is 0 Å². The highest BCUT2D eigenvalue weighted by molar-refractivity contribution is 9.10. The number of nitrogens with zero attached hydrogens (tertiary/aromatic N) is 1. The van der Waals surface area contributed by atoms with Gasteiger partial charge in [0.25, 0.3) is 0 Å². The quantitative estimate of drug-likeness (QED) is 0.650. The van der Waals surface area contributed by atoms with Gasteiger partial charge in [0.05, 0.1) is 5.69 Å². The zero-order valence-electron chi connectivity index (χ0n) is 12.8. The zero-order chi connectivity index (χ0) is 15.9. The maximum Gasteiger partial charge on any atom is 0.301 e. The molecule has 5 nitrogen and oxygen atoms in total. The highest BCUT2D eigenvalue weighted by atomic mass is 79.9. The molecule has 0 aromatic heterocycles. The summed E-state index contributed by atoms with van der Waals surface area (Å²) in [7, 11) is -1.90. The fourth-order valence-corrected chi connectivity index (χ4v) is 2.98. The van der Waals surface area contributed by atoms with E-state index >= 15 is 0 Å². The molecule has 0 fully saturated rings. The van der Waals surface area contributed by atoms with Crippen LogP contribution in [0.15, 0.2) is 22.7 Å². The van der Waals surface area contributed by atoms with Crippen LogP contribution in [-0.4, -0.2) is 39.4 Å². The van der Waals surface area contributed by atoms with E-state index in [2.05, 4.69) is 32.9 Å². The molecule has 0 aliphatic carbocycles. The lowest BCUT2D eigenvalue weighted by Gasteiger charge is -2.18. The first-order valence-electron chi connectivity index (χ1n) is 7.07. The molecule has 0 radical (unpaired) electrons. The normalized spacial score (nSPS) is 11.9. The van der Waals surface area contributed by atoms with Crippen molar-refractivity contribution in [3.63, 3.8) is 0 Å². The van der Waals surface area contributed by atoms with E-state index in [9.17, 15) is 8.42 Å². The number of rotatable bonds is 9. The minimum absolute atomic E-state index is 0.488. The van der Waals surface area contributed by atoms with E-state index in [0.717, 1.165) is 36.0 Å². The molecule has 21 heavy (non-hydrogen) atoms. The van der Waals surface area contributed by atoms with Crippen molar-refractivity contribution in [2.75, 3.05) is 31.4 Å². The van der Waals surface area contributed by atoms with Gasteiger partial charge in [0.1, 0.15) is 0 Å². The number of nitrogens with one attached hydrogen (secondary N) is 2.